The minimum atomic E-state index is -1.06. The maximum Gasteiger partial charge on any atom is 0.328 e. The van der Waals surface area contributed by atoms with E-state index in [4.69, 9.17) is 10.8 Å². The third-order valence-corrected chi connectivity index (χ3v) is 1.53. The highest BCUT2D eigenvalue weighted by Crippen LogP contribution is 2.00. The maximum absolute atomic E-state index is 11.2. The third kappa shape index (κ3) is 6.30. The van der Waals surface area contributed by atoms with Crippen LogP contribution in [0.5, 0.6) is 0 Å². The Morgan fingerprint density at radius 3 is 2.47 bits per heavy atom. The Bertz CT molecular complexity index is 253. The van der Waals surface area contributed by atoms with Crippen molar-refractivity contribution in [1.29, 1.82) is 0 Å². The SMILES string of the molecule is CCOC(=O)C(CCC(=O)O)NC(N)=O. The fourth-order valence-corrected chi connectivity index (χ4v) is 0.931. The summed E-state index contributed by atoms with van der Waals surface area (Å²) in [5, 5.41) is 10.5. The number of nitrogens with one attached hydrogen (secondary N) is 1. The van der Waals surface area contributed by atoms with Crippen LogP contribution in [0.25, 0.3) is 0 Å². The molecule has 7 nitrogen and oxygen atoms in total. The van der Waals surface area contributed by atoms with Crippen molar-refractivity contribution in [3.63, 3.8) is 0 Å². The monoisotopic (exact) mass is 218 g/mol. The molecule has 0 rings (SSSR count). The van der Waals surface area contributed by atoms with Crippen LogP contribution in [0.4, 0.5) is 4.79 Å². The van der Waals surface area contributed by atoms with Gasteiger partial charge in [-0.1, -0.05) is 0 Å². The predicted molar refractivity (Wildman–Crippen MR) is 50.0 cm³/mol. The van der Waals surface area contributed by atoms with Gasteiger partial charge in [0.15, 0.2) is 0 Å². The second kappa shape index (κ2) is 6.63. The van der Waals surface area contributed by atoms with Crippen LogP contribution in [0, 0.1) is 0 Å². The smallest absolute Gasteiger partial charge is 0.328 e. The minimum absolute atomic E-state index is 0.0445. The average molecular weight is 218 g/mol. The van der Waals surface area contributed by atoms with Crippen molar-refractivity contribution in [3.05, 3.63) is 0 Å². The van der Waals surface area contributed by atoms with Crippen molar-refractivity contribution < 1.29 is 24.2 Å². The molecule has 15 heavy (non-hydrogen) atoms. The molecule has 0 aliphatic carbocycles. The molecule has 0 radical (unpaired) electrons. The van der Waals surface area contributed by atoms with Gasteiger partial charge < -0.3 is 20.9 Å². The molecule has 4 N–H and O–H groups in total. The van der Waals surface area contributed by atoms with Gasteiger partial charge in [-0.05, 0) is 13.3 Å². The Morgan fingerprint density at radius 2 is 2.07 bits per heavy atom. The minimum Gasteiger partial charge on any atom is -0.481 e. The molecule has 0 aromatic rings. The van der Waals surface area contributed by atoms with E-state index in [1.807, 2.05) is 0 Å². The highest BCUT2D eigenvalue weighted by molar-refractivity contribution is 5.83. The zero-order chi connectivity index (χ0) is 11.8. The van der Waals surface area contributed by atoms with Crippen LogP contribution < -0.4 is 11.1 Å². The van der Waals surface area contributed by atoms with Crippen molar-refractivity contribution in [3.8, 4) is 0 Å². The summed E-state index contributed by atoms with van der Waals surface area (Å²) in [5.41, 5.74) is 4.83. The molecule has 1 unspecified atom stereocenters. The van der Waals surface area contributed by atoms with Gasteiger partial charge in [-0.2, -0.15) is 0 Å². The zero-order valence-corrected chi connectivity index (χ0v) is 8.36. The van der Waals surface area contributed by atoms with Crippen LogP contribution in [0.3, 0.4) is 0 Å². The number of carboxylic acid groups (broad SMARTS) is 1. The molecular weight excluding hydrogens is 204 g/mol. The lowest BCUT2D eigenvalue weighted by atomic mass is 10.1. The van der Waals surface area contributed by atoms with E-state index in [0.29, 0.717) is 0 Å². The average Bonchev–Trinajstić information content (AvgIpc) is 2.11. The van der Waals surface area contributed by atoms with E-state index in [1.165, 1.54) is 0 Å². The first-order chi connectivity index (χ1) is 6.97. The number of rotatable bonds is 6. The van der Waals surface area contributed by atoms with Gasteiger partial charge in [-0.3, -0.25) is 4.79 Å². The molecule has 0 aliphatic heterocycles. The summed E-state index contributed by atoms with van der Waals surface area (Å²) in [7, 11) is 0. The van der Waals surface area contributed by atoms with Gasteiger partial charge in [0.1, 0.15) is 6.04 Å². The van der Waals surface area contributed by atoms with Crippen molar-refractivity contribution in [2.75, 3.05) is 6.61 Å². The first-order valence-corrected chi connectivity index (χ1v) is 4.41. The van der Waals surface area contributed by atoms with E-state index in [1.54, 1.807) is 6.92 Å². The Balaban J connectivity index is 4.23. The van der Waals surface area contributed by atoms with Gasteiger partial charge >= 0.3 is 18.0 Å². The summed E-state index contributed by atoms with van der Waals surface area (Å²) in [6.07, 6.45) is -0.291. The fraction of sp³-hybridized carbons (Fsp3) is 0.625. The number of amides is 2. The van der Waals surface area contributed by atoms with Gasteiger partial charge in [0, 0.05) is 6.42 Å². The molecule has 0 heterocycles. The number of primary amides is 1. The topological polar surface area (TPSA) is 119 Å². The number of carboxylic acids is 1. The van der Waals surface area contributed by atoms with Gasteiger partial charge in [0.05, 0.1) is 6.61 Å². The number of aliphatic carboxylic acids is 1. The standard InChI is InChI=1S/C8H14N2O5/c1-2-15-7(13)5(10-8(9)14)3-4-6(11)12/h5H,2-4H2,1H3,(H,11,12)(H3,9,10,14). The van der Waals surface area contributed by atoms with Crippen LogP contribution >= 0.6 is 0 Å². The molecular formula is C8H14N2O5. The number of nitrogens with two attached hydrogens (primary N) is 1. The molecule has 0 spiro atoms. The van der Waals surface area contributed by atoms with E-state index >= 15 is 0 Å². The van der Waals surface area contributed by atoms with Crippen LogP contribution in [-0.4, -0.2) is 35.7 Å². The summed E-state index contributed by atoms with van der Waals surface area (Å²) < 4.78 is 4.64. The van der Waals surface area contributed by atoms with Gasteiger partial charge in [0.25, 0.3) is 0 Å². The molecule has 0 saturated heterocycles. The predicted octanol–water partition coefficient (Wildman–Crippen LogP) is -0.549. The number of esters is 1. The maximum atomic E-state index is 11.2. The van der Waals surface area contributed by atoms with E-state index in [9.17, 15) is 14.4 Å². The molecule has 2 amide bonds. The Labute approximate surface area is 86.6 Å². The van der Waals surface area contributed by atoms with Crippen molar-refractivity contribution >= 4 is 18.0 Å². The molecule has 0 saturated carbocycles. The second-order valence-electron chi connectivity index (χ2n) is 2.75. The lowest BCUT2D eigenvalue weighted by Gasteiger charge is -2.14. The van der Waals surface area contributed by atoms with Crippen molar-refractivity contribution in [2.24, 2.45) is 5.73 Å². The summed E-state index contributed by atoms with van der Waals surface area (Å²) in [4.78, 5) is 32.0. The van der Waals surface area contributed by atoms with Crippen LogP contribution in [0.15, 0.2) is 0 Å². The first kappa shape index (κ1) is 13.2. The zero-order valence-electron chi connectivity index (χ0n) is 8.36. The molecule has 0 aliphatic rings. The van der Waals surface area contributed by atoms with Gasteiger partial charge in [-0.15, -0.1) is 0 Å². The lowest BCUT2D eigenvalue weighted by molar-refractivity contribution is -0.145. The summed E-state index contributed by atoms with van der Waals surface area (Å²) >= 11 is 0. The molecule has 0 fully saturated rings. The van der Waals surface area contributed by atoms with Gasteiger partial charge in [0.2, 0.25) is 0 Å². The Morgan fingerprint density at radius 1 is 1.47 bits per heavy atom. The molecule has 86 valence electrons. The van der Waals surface area contributed by atoms with E-state index in [0.717, 1.165) is 0 Å². The Kier molecular flexibility index (Phi) is 5.84. The first-order valence-electron chi connectivity index (χ1n) is 4.41. The molecule has 7 heteroatoms. The fourth-order valence-electron chi connectivity index (χ4n) is 0.931. The number of carbonyl (C=O) groups excluding carboxylic acids is 2. The van der Waals surface area contributed by atoms with Crippen molar-refractivity contribution in [2.45, 2.75) is 25.8 Å². The quantitative estimate of drug-likeness (QED) is 0.517. The number of ether oxygens (including phenoxy) is 1. The summed E-state index contributed by atoms with van der Waals surface area (Å²) in [6.45, 7) is 1.76. The number of hydrogen-bond donors (Lipinski definition) is 3. The Hall–Kier alpha value is -1.79. The molecule has 0 bridgehead atoms. The molecule has 1 atom stereocenters. The van der Waals surface area contributed by atoms with Gasteiger partial charge in [-0.25, -0.2) is 9.59 Å². The molecule has 0 aromatic carbocycles. The highest BCUT2D eigenvalue weighted by Gasteiger charge is 2.21. The van der Waals surface area contributed by atoms with E-state index in [-0.39, 0.29) is 19.4 Å². The normalized spacial score (nSPS) is 11.5. The van der Waals surface area contributed by atoms with E-state index < -0.39 is 24.0 Å². The highest BCUT2D eigenvalue weighted by atomic mass is 16.5. The number of hydrogen-bond acceptors (Lipinski definition) is 4. The summed E-state index contributed by atoms with van der Waals surface area (Å²) in [6, 6.07) is -1.89. The summed E-state index contributed by atoms with van der Waals surface area (Å²) in [5.74, 6) is -1.74. The molecule has 0 aromatic heterocycles. The third-order valence-electron chi connectivity index (χ3n) is 1.53. The van der Waals surface area contributed by atoms with Crippen LogP contribution in [-0.2, 0) is 14.3 Å². The van der Waals surface area contributed by atoms with Crippen LogP contribution in [0.2, 0.25) is 0 Å². The van der Waals surface area contributed by atoms with Crippen molar-refractivity contribution in [1.82, 2.24) is 5.32 Å². The van der Waals surface area contributed by atoms with Crippen LogP contribution in [0.1, 0.15) is 19.8 Å². The second-order valence-corrected chi connectivity index (χ2v) is 2.75. The van der Waals surface area contributed by atoms with E-state index in [2.05, 4.69) is 10.1 Å². The largest absolute Gasteiger partial charge is 0.481 e. The number of urea groups is 1. The lowest BCUT2D eigenvalue weighted by Crippen LogP contribution is -2.44. The number of carbonyl (C=O) groups is 3.